The molecule has 2 aromatic carbocycles. The van der Waals surface area contributed by atoms with Crippen molar-refractivity contribution in [1.29, 1.82) is 0 Å². The lowest BCUT2D eigenvalue weighted by molar-refractivity contribution is 0.650. The van der Waals surface area contributed by atoms with Gasteiger partial charge in [-0.25, -0.2) is 9.67 Å². The molecule has 0 fully saturated rings. The summed E-state index contributed by atoms with van der Waals surface area (Å²) < 4.78 is 1.86. The van der Waals surface area contributed by atoms with Crippen molar-refractivity contribution in [2.45, 2.75) is 26.3 Å². The number of fused-ring (bicyclic) bond motifs is 1. The first-order valence-corrected chi connectivity index (χ1v) is 9.00. The third kappa shape index (κ3) is 3.59. The van der Waals surface area contributed by atoms with E-state index in [0.717, 1.165) is 47.6 Å². The van der Waals surface area contributed by atoms with Crippen LogP contribution in [-0.4, -0.2) is 31.5 Å². The van der Waals surface area contributed by atoms with Gasteiger partial charge in [0.2, 0.25) is 5.95 Å². The number of nitrogens with one attached hydrogen (secondary N) is 2. The molecular formula is C20H22N6. The Morgan fingerprint density at radius 3 is 2.85 bits per heavy atom. The van der Waals surface area contributed by atoms with Crippen molar-refractivity contribution in [2.75, 3.05) is 11.9 Å². The van der Waals surface area contributed by atoms with Crippen molar-refractivity contribution < 1.29 is 0 Å². The maximum Gasteiger partial charge on any atom is 0.201 e. The molecule has 0 unspecified atom stereocenters. The van der Waals surface area contributed by atoms with Crippen LogP contribution in [0.4, 0.5) is 5.95 Å². The lowest BCUT2D eigenvalue weighted by atomic mass is 10.1. The predicted molar refractivity (Wildman–Crippen MR) is 104 cm³/mol. The number of unbranched alkanes of at least 4 members (excludes halogenated alkanes) is 1. The van der Waals surface area contributed by atoms with E-state index >= 15 is 0 Å². The minimum atomic E-state index is 0.714. The van der Waals surface area contributed by atoms with Gasteiger partial charge in [0.15, 0.2) is 0 Å². The van der Waals surface area contributed by atoms with Crippen molar-refractivity contribution >= 4 is 17.0 Å². The summed E-state index contributed by atoms with van der Waals surface area (Å²) in [6.07, 6.45) is 4.27. The van der Waals surface area contributed by atoms with E-state index in [-0.39, 0.29) is 0 Å². The average molecular weight is 346 g/mol. The summed E-state index contributed by atoms with van der Waals surface area (Å²) >= 11 is 0. The maximum absolute atomic E-state index is 4.57. The first-order valence-electron chi connectivity index (χ1n) is 9.00. The zero-order chi connectivity index (χ0) is 17.8. The van der Waals surface area contributed by atoms with Crippen LogP contribution in [0, 0.1) is 0 Å². The quantitative estimate of drug-likeness (QED) is 0.495. The van der Waals surface area contributed by atoms with Gasteiger partial charge >= 0.3 is 0 Å². The Kier molecular flexibility index (Phi) is 4.64. The zero-order valence-electron chi connectivity index (χ0n) is 14.8. The Labute approximate surface area is 152 Å². The summed E-state index contributed by atoms with van der Waals surface area (Å²) in [4.78, 5) is 7.91. The largest absolute Gasteiger partial charge is 0.356 e. The topological polar surface area (TPSA) is 71.4 Å². The number of imidazole rings is 1. The van der Waals surface area contributed by atoms with E-state index < -0.39 is 0 Å². The van der Waals surface area contributed by atoms with Gasteiger partial charge in [-0.15, -0.1) is 5.10 Å². The van der Waals surface area contributed by atoms with Crippen LogP contribution in [0.1, 0.15) is 25.3 Å². The molecular weight excluding hydrogens is 324 g/mol. The molecule has 2 N–H and O–H groups in total. The Balaban J connectivity index is 1.53. The van der Waals surface area contributed by atoms with E-state index in [4.69, 9.17) is 0 Å². The molecule has 0 saturated heterocycles. The third-order valence-electron chi connectivity index (χ3n) is 4.33. The van der Waals surface area contributed by atoms with Gasteiger partial charge in [-0.05, 0) is 24.1 Å². The summed E-state index contributed by atoms with van der Waals surface area (Å²) in [5, 5.41) is 11.9. The molecule has 0 saturated carbocycles. The molecule has 0 atom stereocenters. The molecule has 2 aromatic heterocycles. The normalized spacial score (nSPS) is 11.1. The molecule has 0 aliphatic rings. The zero-order valence-corrected chi connectivity index (χ0v) is 14.8. The Morgan fingerprint density at radius 1 is 1.12 bits per heavy atom. The molecule has 0 aliphatic heterocycles. The Morgan fingerprint density at radius 2 is 2.00 bits per heavy atom. The molecule has 4 aromatic rings. The van der Waals surface area contributed by atoms with Crippen molar-refractivity contribution in [1.82, 2.24) is 25.0 Å². The maximum atomic E-state index is 4.57. The number of aromatic amines is 1. The molecule has 0 bridgehead atoms. The van der Waals surface area contributed by atoms with Gasteiger partial charge < -0.3 is 10.3 Å². The molecule has 6 nitrogen and oxygen atoms in total. The van der Waals surface area contributed by atoms with Gasteiger partial charge in [0.1, 0.15) is 5.69 Å². The van der Waals surface area contributed by atoms with Gasteiger partial charge in [-0.2, -0.15) is 0 Å². The van der Waals surface area contributed by atoms with Gasteiger partial charge in [-0.3, -0.25) is 0 Å². The van der Waals surface area contributed by atoms with E-state index in [1.54, 1.807) is 0 Å². The van der Waals surface area contributed by atoms with Crippen molar-refractivity contribution in [2.24, 2.45) is 0 Å². The van der Waals surface area contributed by atoms with Gasteiger partial charge in [0.05, 0.1) is 23.8 Å². The van der Waals surface area contributed by atoms with Gasteiger partial charge in [-0.1, -0.05) is 55.0 Å². The van der Waals surface area contributed by atoms with E-state index in [1.165, 1.54) is 5.56 Å². The van der Waals surface area contributed by atoms with Crippen LogP contribution >= 0.6 is 0 Å². The molecule has 4 rings (SSSR count). The SMILES string of the molecule is CCCCNc1nc2ccc(-c3cn(Cc4ccccc4)nn3)cc2[nH]1. The first-order chi connectivity index (χ1) is 12.8. The molecule has 26 heavy (non-hydrogen) atoms. The van der Waals surface area contributed by atoms with E-state index in [1.807, 2.05) is 41.2 Å². The monoisotopic (exact) mass is 346 g/mol. The highest BCUT2D eigenvalue weighted by Gasteiger charge is 2.08. The molecule has 0 amide bonds. The molecule has 0 radical (unpaired) electrons. The third-order valence-corrected chi connectivity index (χ3v) is 4.33. The van der Waals surface area contributed by atoms with Crippen LogP contribution in [0.3, 0.4) is 0 Å². The summed E-state index contributed by atoms with van der Waals surface area (Å²) in [5.41, 5.74) is 5.04. The lowest BCUT2D eigenvalue weighted by Gasteiger charge is -1.99. The molecule has 2 heterocycles. The molecule has 0 aliphatic carbocycles. The number of hydrogen-bond donors (Lipinski definition) is 2. The minimum Gasteiger partial charge on any atom is -0.356 e. The second kappa shape index (κ2) is 7.39. The Bertz CT molecular complexity index is 986. The van der Waals surface area contributed by atoms with Crippen LogP contribution < -0.4 is 5.32 Å². The highest BCUT2D eigenvalue weighted by molar-refractivity contribution is 5.82. The summed E-state index contributed by atoms with van der Waals surface area (Å²) in [7, 11) is 0. The smallest absolute Gasteiger partial charge is 0.201 e. The van der Waals surface area contributed by atoms with E-state index in [0.29, 0.717) is 6.54 Å². The molecule has 6 heteroatoms. The number of hydrogen-bond acceptors (Lipinski definition) is 4. The first kappa shape index (κ1) is 16.3. The highest BCUT2D eigenvalue weighted by Crippen LogP contribution is 2.22. The summed E-state index contributed by atoms with van der Waals surface area (Å²) in [6, 6.07) is 16.4. The van der Waals surface area contributed by atoms with Crippen molar-refractivity contribution in [3.8, 4) is 11.3 Å². The second-order valence-corrected chi connectivity index (χ2v) is 6.38. The standard InChI is InChI=1S/C20H22N6/c1-2-3-11-21-20-22-17-10-9-16(12-18(17)23-20)19-14-26(25-24-19)13-15-7-5-4-6-8-15/h4-10,12,14H,2-3,11,13H2,1H3,(H2,21,22,23). The number of H-pyrrole nitrogens is 1. The summed E-state index contributed by atoms with van der Waals surface area (Å²) in [6.45, 7) is 3.82. The van der Waals surface area contributed by atoms with Crippen LogP contribution in [0.5, 0.6) is 0 Å². The van der Waals surface area contributed by atoms with Crippen molar-refractivity contribution in [3.63, 3.8) is 0 Å². The summed E-state index contributed by atoms with van der Waals surface area (Å²) in [5.74, 6) is 0.818. The highest BCUT2D eigenvalue weighted by atomic mass is 15.4. The second-order valence-electron chi connectivity index (χ2n) is 6.38. The van der Waals surface area contributed by atoms with E-state index in [2.05, 4.69) is 50.7 Å². The Hall–Kier alpha value is -3.15. The predicted octanol–water partition coefficient (Wildman–Crippen LogP) is 4.08. The fourth-order valence-corrected chi connectivity index (χ4v) is 2.91. The van der Waals surface area contributed by atoms with Crippen molar-refractivity contribution in [3.05, 3.63) is 60.3 Å². The number of nitrogens with zero attached hydrogens (tertiary/aromatic N) is 4. The number of aromatic nitrogens is 5. The van der Waals surface area contributed by atoms with Crippen LogP contribution in [0.2, 0.25) is 0 Å². The molecule has 132 valence electrons. The van der Waals surface area contributed by atoms with E-state index in [9.17, 15) is 0 Å². The van der Waals surface area contributed by atoms with Crippen LogP contribution in [-0.2, 0) is 6.54 Å². The average Bonchev–Trinajstić information content (AvgIpc) is 3.28. The number of rotatable bonds is 7. The lowest BCUT2D eigenvalue weighted by Crippen LogP contribution is -2.01. The number of benzene rings is 2. The number of anilines is 1. The molecule has 0 spiro atoms. The fraction of sp³-hybridized carbons (Fsp3) is 0.250. The van der Waals surface area contributed by atoms with Crippen LogP contribution in [0.25, 0.3) is 22.3 Å². The van der Waals surface area contributed by atoms with Gasteiger partial charge in [0, 0.05) is 12.1 Å². The van der Waals surface area contributed by atoms with Gasteiger partial charge in [0.25, 0.3) is 0 Å². The minimum absolute atomic E-state index is 0.714. The van der Waals surface area contributed by atoms with Crippen LogP contribution in [0.15, 0.2) is 54.7 Å². The fourth-order valence-electron chi connectivity index (χ4n) is 2.91.